The number of likely N-dealkylation sites (N-methyl/N-ethyl adjacent to an activating group) is 2. The Morgan fingerprint density at radius 3 is 2.18 bits per heavy atom. The number of benzene rings is 1. The van der Waals surface area contributed by atoms with Crippen LogP contribution in [-0.2, 0) is 0 Å². The van der Waals surface area contributed by atoms with E-state index >= 15 is 0 Å². The summed E-state index contributed by atoms with van der Waals surface area (Å²) in [5.41, 5.74) is 2.01. The van der Waals surface area contributed by atoms with Crippen LogP contribution in [0, 0.1) is 0 Å². The van der Waals surface area contributed by atoms with Gasteiger partial charge in [-0.1, -0.05) is 24.3 Å². The SMILES string of the molecule is CCNC1=C(N2CCN(C)CC2)C(=O)c2ccccc2C1=O. The van der Waals surface area contributed by atoms with Gasteiger partial charge in [-0.2, -0.15) is 0 Å². The summed E-state index contributed by atoms with van der Waals surface area (Å²) < 4.78 is 0. The molecule has 0 amide bonds. The van der Waals surface area contributed by atoms with Crippen molar-refractivity contribution in [2.75, 3.05) is 39.8 Å². The van der Waals surface area contributed by atoms with Crippen molar-refractivity contribution in [1.82, 2.24) is 15.1 Å². The number of carbonyl (C=O) groups is 2. The van der Waals surface area contributed by atoms with Gasteiger partial charge >= 0.3 is 0 Å². The highest BCUT2D eigenvalue weighted by Gasteiger charge is 2.35. The highest BCUT2D eigenvalue weighted by Crippen LogP contribution is 2.27. The number of hydrogen-bond donors (Lipinski definition) is 1. The molecule has 1 heterocycles. The average molecular weight is 299 g/mol. The largest absolute Gasteiger partial charge is 0.380 e. The number of carbonyl (C=O) groups excluding carboxylic acids is 2. The lowest BCUT2D eigenvalue weighted by atomic mass is 9.89. The second-order valence-corrected chi connectivity index (χ2v) is 5.75. The van der Waals surface area contributed by atoms with Crippen LogP contribution >= 0.6 is 0 Å². The van der Waals surface area contributed by atoms with Crippen molar-refractivity contribution in [3.8, 4) is 0 Å². The fourth-order valence-corrected chi connectivity index (χ4v) is 3.03. The quantitative estimate of drug-likeness (QED) is 0.907. The zero-order valence-corrected chi connectivity index (χ0v) is 13.1. The fourth-order valence-electron chi connectivity index (χ4n) is 3.03. The molecule has 0 unspecified atom stereocenters. The molecule has 1 aliphatic carbocycles. The molecule has 1 N–H and O–H groups in total. The van der Waals surface area contributed by atoms with Crippen molar-refractivity contribution in [1.29, 1.82) is 0 Å². The number of nitrogens with one attached hydrogen (secondary N) is 1. The van der Waals surface area contributed by atoms with E-state index in [0.29, 0.717) is 29.1 Å². The van der Waals surface area contributed by atoms with Crippen molar-refractivity contribution >= 4 is 11.6 Å². The van der Waals surface area contributed by atoms with E-state index in [1.807, 2.05) is 17.9 Å². The minimum atomic E-state index is -0.0778. The van der Waals surface area contributed by atoms with Gasteiger partial charge in [-0.25, -0.2) is 0 Å². The lowest BCUT2D eigenvalue weighted by molar-refractivity contribution is 0.0910. The number of hydrogen-bond acceptors (Lipinski definition) is 5. The molecule has 1 aliphatic heterocycles. The molecule has 1 aromatic carbocycles. The molecule has 2 aliphatic rings. The Hall–Kier alpha value is -2.14. The van der Waals surface area contributed by atoms with Crippen LogP contribution in [-0.4, -0.2) is 61.1 Å². The molecule has 0 saturated carbocycles. The summed E-state index contributed by atoms with van der Waals surface area (Å²) in [4.78, 5) is 30.0. The van der Waals surface area contributed by atoms with Crippen molar-refractivity contribution in [2.45, 2.75) is 6.92 Å². The van der Waals surface area contributed by atoms with E-state index in [2.05, 4.69) is 17.3 Å². The van der Waals surface area contributed by atoms with Crippen LogP contribution in [0.1, 0.15) is 27.6 Å². The van der Waals surface area contributed by atoms with Crippen LogP contribution in [0.4, 0.5) is 0 Å². The topological polar surface area (TPSA) is 52.6 Å². The maximum Gasteiger partial charge on any atom is 0.212 e. The molecule has 0 aromatic heterocycles. The maximum absolute atomic E-state index is 12.9. The van der Waals surface area contributed by atoms with E-state index in [4.69, 9.17) is 0 Å². The van der Waals surface area contributed by atoms with Crippen LogP contribution in [0.15, 0.2) is 35.7 Å². The Morgan fingerprint density at radius 1 is 1.00 bits per heavy atom. The van der Waals surface area contributed by atoms with E-state index in [-0.39, 0.29) is 11.6 Å². The van der Waals surface area contributed by atoms with Crippen molar-refractivity contribution in [3.05, 3.63) is 46.8 Å². The third kappa shape index (κ3) is 2.41. The number of Topliss-reactive ketones (excluding diaryl/α,β-unsaturated/α-hetero) is 2. The third-order valence-electron chi connectivity index (χ3n) is 4.27. The van der Waals surface area contributed by atoms with Crippen LogP contribution in [0.25, 0.3) is 0 Å². The zero-order chi connectivity index (χ0) is 15.7. The van der Waals surface area contributed by atoms with E-state index in [1.165, 1.54) is 0 Å². The van der Waals surface area contributed by atoms with E-state index in [9.17, 15) is 9.59 Å². The van der Waals surface area contributed by atoms with Gasteiger partial charge in [0.1, 0.15) is 11.4 Å². The smallest absolute Gasteiger partial charge is 0.212 e. The van der Waals surface area contributed by atoms with Crippen molar-refractivity contribution in [2.24, 2.45) is 0 Å². The molecule has 0 atom stereocenters. The number of ketones is 2. The van der Waals surface area contributed by atoms with E-state index in [1.54, 1.807) is 18.2 Å². The average Bonchev–Trinajstić information content (AvgIpc) is 2.54. The van der Waals surface area contributed by atoms with Gasteiger partial charge in [0.2, 0.25) is 11.6 Å². The second-order valence-electron chi connectivity index (χ2n) is 5.75. The van der Waals surface area contributed by atoms with Crippen LogP contribution in [0.2, 0.25) is 0 Å². The molecule has 0 bridgehead atoms. The Kier molecular flexibility index (Phi) is 3.98. The Bertz CT molecular complexity index is 643. The summed E-state index contributed by atoms with van der Waals surface area (Å²) in [6, 6.07) is 7.08. The zero-order valence-electron chi connectivity index (χ0n) is 13.1. The monoisotopic (exact) mass is 299 g/mol. The first kappa shape index (κ1) is 14.8. The van der Waals surface area contributed by atoms with Gasteiger partial charge in [0.05, 0.1) is 0 Å². The van der Waals surface area contributed by atoms with Gasteiger partial charge in [0, 0.05) is 43.9 Å². The van der Waals surface area contributed by atoms with Gasteiger partial charge in [-0.3, -0.25) is 9.59 Å². The van der Waals surface area contributed by atoms with Gasteiger partial charge in [-0.15, -0.1) is 0 Å². The van der Waals surface area contributed by atoms with Gasteiger partial charge in [0.25, 0.3) is 0 Å². The normalized spacial score (nSPS) is 19.5. The summed E-state index contributed by atoms with van der Waals surface area (Å²) in [5.74, 6) is -0.123. The third-order valence-corrected chi connectivity index (χ3v) is 4.27. The minimum Gasteiger partial charge on any atom is -0.380 e. The van der Waals surface area contributed by atoms with Crippen molar-refractivity contribution in [3.63, 3.8) is 0 Å². The molecule has 22 heavy (non-hydrogen) atoms. The predicted octanol–water partition coefficient (Wildman–Crippen LogP) is 1.13. The number of nitrogens with zero attached hydrogens (tertiary/aromatic N) is 2. The summed E-state index contributed by atoms with van der Waals surface area (Å²) >= 11 is 0. The summed E-state index contributed by atoms with van der Waals surface area (Å²) in [6.45, 7) is 5.88. The highest BCUT2D eigenvalue weighted by molar-refractivity contribution is 6.26. The molecule has 1 fully saturated rings. The van der Waals surface area contributed by atoms with E-state index in [0.717, 1.165) is 26.2 Å². The van der Waals surface area contributed by atoms with Gasteiger partial charge < -0.3 is 15.1 Å². The molecule has 0 radical (unpaired) electrons. The predicted molar refractivity (Wildman–Crippen MR) is 84.9 cm³/mol. The molecule has 5 nitrogen and oxygen atoms in total. The van der Waals surface area contributed by atoms with Crippen LogP contribution in [0.5, 0.6) is 0 Å². The molecule has 3 rings (SSSR count). The Labute approximate surface area is 130 Å². The first-order chi connectivity index (χ1) is 10.6. The molecule has 1 aromatic rings. The molecule has 1 saturated heterocycles. The molecular formula is C17H21N3O2. The summed E-state index contributed by atoms with van der Waals surface area (Å²) in [5, 5.41) is 3.12. The number of rotatable bonds is 3. The standard InChI is InChI=1S/C17H21N3O2/c1-3-18-14-15(20-10-8-19(2)9-11-20)17(22)13-7-5-4-6-12(13)16(14)21/h4-7,18H,3,8-11H2,1-2H3. The fraction of sp³-hybridized carbons (Fsp3) is 0.412. The number of allylic oxidation sites excluding steroid dienone is 2. The Morgan fingerprint density at radius 2 is 1.59 bits per heavy atom. The van der Waals surface area contributed by atoms with Crippen LogP contribution < -0.4 is 5.32 Å². The van der Waals surface area contributed by atoms with E-state index < -0.39 is 0 Å². The first-order valence-corrected chi connectivity index (χ1v) is 7.73. The number of fused-ring (bicyclic) bond motifs is 1. The summed E-state index contributed by atoms with van der Waals surface area (Å²) in [7, 11) is 2.07. The lowest BCUT2D eigenvalue weighted by Gasteiger charge is -2.37. The van der Waals surface area contributed by atoms with Crippen molar-refractivity contribution < 1.29 is 9.59 Å². The molecule has 116 valence electrons. The second kappa shape index (κ2) is 5.93. The van der Waals surface area contributed by atoms with Crippen LogP contribution in [0.3, 0.4) is 0 Å². The first-order valence-electron chi connectivity index (χ1n) is 7.73. The highest BCUT2D eigenvalue weighted by atomic mass is 16.1. The molecular weight excluding hydrogens is 278 g/mol. The van der Waals surface area contributed by atoms with Gasteiger partial charge in [0.15, 0.2) is 0 Å². The molecule has 5 heteroatoms. The van der Waals surface area contributed by atoms with Gasteiger partial charge in [-0.05, 0) is 14.0 Å². The maximum atomic E-state index is 12.9. The summed E-state index contributed by atoms with van der Waals surface area (Å²) in [6.07, 6.45) is 0. The number of piperazine rings is 1. The minimum absolute atomic E-state index is 0.0456. The molecule has 0 spiro atoms. The lowest BCUT2D eigenvalue weighted by Crippen LogP contribution is -2.48. The Balaban J connectivity index is 2.05.